The maximum absolute atomic E-state index is 13.8. The van der Waals surface area contributed by atoms with Crippen molar-refractivity contribution in [1.29, 1.82) is 5.26 Å². The number of benzene rings is 2. The highest BCUT2D eigenvalue weighted by Gasteiger charge is 2.12. The van der Waals surface area contributed by atoms with Crippen LogP contribution in [0.25, 0.3) is 17.4 Å². The number of rotatable bonds is 4. The first kappa shape index (κ1) is 17.2. The Morgan fingerprint density at radius 3 is 2.69 bits per heavy atom. The number of furan rings is 1. The van der Waals surface area contributed by atoms with Crippen LogP contribution in [0.1, 0.15) is 11.3 Å². The molecule has 0 aliphatic heterocycles. The Bertz CT molecular complexity index is 1030. The first-order chi connectivity index (χ1) is 12.6. The van der Waals surface area contributed by atoms with Gasteiger partial charge in [-0.05, 0) is 48.9 Å². The molecular weight excluding hydrogens is 331 g/mol. The molecule has 1 N–H and O–H groups in total. The second-order valence-corrected chi connectivity index (χ2v) is 5.68. The molecule has 26 heavy (non-hydrogen) atoms. The number of nitrogens with one attached hydrogen (secondary N) is 1. The molecule has 0 unspecified atom stereocenters. The molecule has 0 bridgehead atoms. The number of carbonyl (C=O) groups is 1. The summed E-state index contributed by atoms with van der Waals surface area (Å²) >= 11 is 0. The first-order valence-corrected chi connectivity index (χ1v) is 7.91. The minimum Gasteiger partial charge on any atom is -0.457 e. The number of halogens is 1. The lowest BCUT2D eigenvalue weighted by atomic mass is 10.1. The lowest BCUT2D eigenvalue weighted by Gasteiger charge is -2.04. The van der Waals surface area contributed by atoms with Crippen LogP contribution in [0.3, 0.4) is 0 Å². The Morgan fingerprint density at radius 2 is 1.96 bits per heavy atom. The van der Waals surface area contributed by atoms with Crippen LogP contribution >= 0.6 is 0 Å². The zero-order chi connectivity index (χ0) is 18.5. The fraction of sp³-hybridized carbons (Fsp3) is 0.0476. The van der Waals surface area contributed by atoms with Gasteiger partial charge < -0.3 is 9.73 Å². The van der Waals surface area contributed by atoms with Gasteiger partial charge in [-0.25, -0.2) is 4.39 Å². The Balaban J connectivity index is 1.82. The van der Waals surface area contributed by atoms with Gasteiger partial charge in [0.1, 0.15) is 29.0 Å². The van der Waals surface area contributed by atoms with Crippen molar-refractivity contribution in [1.82, 2.24) is 0 Å². The van der Waals surface area contributed by atoms with Gasteiger partial charge in [0.2, 0.25) is 0 Å². The van der Waals surface area contributed by atoms with Crippen molar-refractivity contribution in [3.05, 3.63) is 83.4 Å². The summed E-state index contributed by atoms with van der Waals surface area (Å²) in [6, 6.07) is 18.5. The van der Waals surface area contributed by atoms with E-state index in [1.165, 1.54) is 12.1 Å². The molecule has 3 aromatic rings. The van der Waals surface area contributed by atoms with E-state index in [0.29, 0.717) is 22.8 Å². The van der Waals surface area contributed by atoms with Gasteiger partial charge in [0.25, 0.3) is 5.91 Å². The highest BCUT2D eigenvalue weighted by atomic mass is 19.1. The number of amides is 1. The molecule has 0 saturated heterocycles. The topological polar surface area (TPSA) is 66.0 Å². The van der Waals surface area contributed by atoms with E-state index >= 15 is 0 Å². The van der Waals surface area contributed by atoms with E-state index in [1.54, 1.807) is 42.5 Å². The number of anilines is 1. The monoisotopic (exact) mass is 346 g/mol. The van der Waals surface area contributed by atoms with Crippen LogP contribution in [0.5, 0.6) is 0 Å². The summed E-state index contributed by atoms with van der Waals surface area (Å²) in [5.74, 6) is -0.332. The van der Waals surface area contributed by atoms with E-state index in [4.69, 9.17) is 4.42 Å². The zero-order valence-electron chi connectivity index (χ0n) is 14.0. The van der Waals surface area contributed by atoms with E-state index < -0.39 is 11.7 Å². The number of hydrogen-bond acceptors (Lipinski definition) is 3. The SMILES string of the molecule is Cc1cccc(NC(=O)/C(C#N)=C/c2ccc(-c3ccccc3F)o2)c1. The van der Waals surface area contributed by atoms with E-state index in [-0.39, 0.29) is 5.57 Å². The molecule has 1 amide bonds. The fourth-order valence-corrected chi connectivity index (χ4v) is 2.45. The highest BCUT2D eigenvalue weighted by molar-refractivity contribution is 6.09. The van der Waals surface area contributed by atoms with E-state index in [2.05, 4.69) is 5.32 Å². The molecule has 0 spiro atoms. The van der Waals surface area contributed by atoms with Crippen LogP contribution in [0.4, 0.5) is 10.1 Å². The van der Waals surface area contributed by atoms with Gasteiger partial charge in [0.05, 0.1) is 5.56 Å². The third kappa shape index (κ3) is 3.87. The van der Waals surface area contributed by atoms with Gasteiger partial charge in [-0.1, -0.05) is 24.3 Å². The summed E-state index contributed by atoms with van der Waals surface area (Å²) in [4.78, 5) is 12.3. The summed E-state index contributed by atoms with van der Waals surface area (Å²) < 4.78 is 19.4. The van der Waals surface area contributed by atoms with Crippen molar-refractivity contribution in [2.45, 2.75) is 6.92 Å². The molecule has 128 valence electrons. The van der Waals surface area contributed by atoms with E-state index in [1.807, 2.05) is 25.1 Å². The normalized spacial score (nSPS) is 11.0. The summed E-state index contributed by atoms with van der Waals surface area (Å²) in [5.41, 5.74) is 1.80. The van der Waals surface area contributed by atoms with Gasteiger partial charge in [-0.3, -0.25) is 4.79 Å². The molecule has 0 saturated carbocycles. The molecule has 5 heteroatoms. The Kier molecular flexibility index (Phi) is 4.95. The number of aryl methyl sites for hydroxylation is 1. The first-order valence-electron chi connectivity index (χ1n) is 7.91. The van der Waals surface area contributed by atoms with Crippen molar-refractivity contribution in [2.75, 3.05) is 5.32 Å². The van der Waals surface area contributed by atoms with Crippen LogP contribution in [0.2, 0.25) is 0 Å². The lowest BCUT2D eigenvalue weighted by molar-refractivity contribution is -0.112. The van der Waals surface area contributed by atoms with Gasteiger partial charge >= 0.3 is 0 Å². The number of hydrogen-bond donors (Lipinski definition) is 1. The molecule has 0 radical (unpaired) electrons. The van der Waals surface area contributed by atoms with Crippen LogP contribution in [0.15, 0.2) is 70.7 Å². The third-order valence-corrected chi connectivity index (χ3v) is 3.69. The maximum Gasteiger partial charge on any atom is 0.266 e. The van der Waals surface area contributed by atoms with Gasteiger partial charge in [0, 0.05) is 11.8 Å². The molecule has 0 fully saturated rings. The van der Waals surface area contributed by atoms with Crippen molar-refractivity contribution < 1.29 is 13.6 Å². The maximum atomic E-state index is 13.8. The van der Waals surface area contributed by atoms with Crippen molar-refractivity contribution in [3.63, 3.8) is 0 Å². The molecule has 3 rings (SSSR count). The van der Waals surface area contributed by atoms with E-state index in [0.717, 1.165) is 5.56 Å². The van der Waals surface area contributed by atoms with Crippen LogP contribution in [-0.2, 0) is 4.79 Å². The predicted molar refractivity (Wildman–Crippen MR) is 97.5 cm³/mol. The molecule has 1 aromatic heterocycles. The molecule has 2 aromatic carbocycles. The third-order valence-electron chi connectivity index (χ3n) is 3.69. The molecule has 0 atom stereocenters. The van der Waals surface area contributed by atoms with Crippen LogP contribution in [0, 0.1) is 24.1 Å². The van der Waals surface area contributed by atoms with Crippen molar-refractivity contribution in [2.24, 2.45) is 0 Å². The van der Waals surface area contributed by atoms with Crippen molar-refractivity contribution in [3.8, 4) is 17.4 Å². The van der Waals surface area contributed by atoms with E-state index in [9.17, 15) is 14.4 Å². The van der Waals surface area contributed by atoms with Gasteiger partial charge in [0.15, 0.2) is 0 Å². The predicted octanol–water partition coefficient (Wildman–Crippen LogP) is 4.94. The average Bonchev–Trinajstić information content (AvgIpc) is 3.08. The molecule has 4 nitrogen and oxygen atoms in total. The van der Waals surface area contributed by atoms with Gasteiger partial charge in [-0.2, -0.15) is 5.26 Å². The minimum absolute atomic E-state index is 0.110. The number of nitrogens with zero attached hydrogens (tertiary/aromatic N) is 1. The van der Waals surface area contributed by atoms with Crippen molar-refractivity contribution >= 4 is 17.7 Å². The second kappa shape index (κ2) is 7.49. The molecule has 0 aliphatic carbocycles. The molecule has 0 aliphatic rings. The van der Waals surface area contributed by atoms with Gasteiger partial charge in [-0.15, -0.1) is 0 Å². The standard InChI is InChI=1S/C21H15FN2O2/c1-14-5-4-6-16(11-14)24-21(25)15(13-23)12-17-9-10-20(26-17)18-7-2-3-8-19(18)22/h2-12H,1H3,(H,24,25)/b15-12+. The summed E-state index contributed by atoms with van der Waals surface area (Å²) in [6.45, 7) is 1.91. The Labute approximate surface area is 150 Å². The summed E-state index contributed by atoms with van der Waals surface area (Å²) in [6.07, 6.45) is 1.33. The second-order valence-electron chi connectivity index (χ2n) is 5.68. The largest absolute Gasteiger partial charge is 0.457 e. The van der Waals surface area contributed by atoms with Crippen LogP contribution in [-0.4, -0.2) is 5.91 Å². The smallest absolute Gasteiger partial charge is 0.266 e. The number of nitriles is 1. The Hall–Kier alpha value is -3.65. The quantitative estimate of drug-likeness (QED) is 0.537. The van der Waals surface area contributed by atoms with Crippen LogP contribution < -0.4 is 5.32 Å². The fourth-order valence-electron chi connectivity index (χ4n) is 2.45. The lowest BCUT2D eigenvalue weighted by Crippen LogP contribution is -2.13. The minimum atomic E-state index is -0.540. The number of carbonyl (C=O) groups excluding carboxylic acids is 1. The highest BCUT2D eigenvalue weighted by Crippen LogP contribution is 2.25. The average molecular weight is 346 g/mol. The molecular formula is C21H15FN2O2. The molecule has 1 heterocycles. The Morgan fingerprint density at radius 1 is 1.15 bits per heavy atom. The summed E-state index contributed by atoms with van der Waals surface area (Å²) in [7, 11) is 0. The zero-order valence-corrected chi connectivity index (χ0v) is 14.0. The summed E-state index contributed by atoms with van der Waals surface area (Å²) in [5, 5.41) is 11.9.